The number of hydrogen-bond donors (Lipinski definition) is 6. The van der Waals surface area contributed by atoms with Gasteiger partial charge in [-0.15, -0.1) is 0 Å². The summed E-state index contributed by atoms with van der Waals surface area (Å²) < 4.78 is 0. The van der Waals surface area contributed by atoms with E-state index in [0.717, 1.165) is 0 Å². The van der Waals surface area contributed by atoms with Gasteiger partial charge in [-0.25, -0.2) is 14.4 Å². The first-order valence-electron chi connectivity index (χ1n) is 11.1. The van der Waals surface area contributed by atoms with E-state index in [4.69, 9.17) is 0 Å². The van der Waals surface area contributed by atoms with E-state index >= 15 is 0 Å². The minimum absolute atomic E-state index is 0.0286. The second kappa shape index (κ2) is 13.5. The van der Waals surface area contributed by atoms with Crippen molar-refractivity contribution in [2.24, 2.45) is 11.8 Å². The van der Waals surface area contributed by atoms with E-state index in [9.17, 15) is 44.4 Å². The Labute approximate surface area is 206 Å². The van der Waals surface area contributed by atoms with Gasteiger partial charge in [-0.05, 0) is 36.8 Å². The Morgan fingerprint density at radius 1 is 0.556 bits per heavy atom. The van der Waals surface area contributed by atoms with E-state index < -0.39 is 66.7 Å². The standard InChI is InChI=1S/C25H28N2O9/c28-21(29)17(11-15-7-3-1-4-8-15)13-19(23(32)33)26-25(36)27-20(24(34)35)14-18(22(30)31)12-16-9-5-2-6-10-16/h1-10,17-20H,11-14H2,(H,28,29)(H,30,31)(H,32,33)(H,34,35)(H2,26,27,36)/t17-,18-,19+,20+/m1/s1. The van der Waals surface area contributed by atoms with Crippen LogP contribution in [0.15, 0.2) is 60.7 Å². The highest BCUT2D eigenvalue weighted by molar-refractivity contribution is 5.86. The SMILES string of the molecule is O=C(N[C@@H](C[C@@H](Cc1ccccc1)C(=O)O)C(=O)O)N[C@@H](C[C@@H](Cc1ccccc1)C(=O)O)C(=O)O. The van der Waals surface area contributed by atoms with Crippen molar-refractivity contribution < 1.29 is 44.4 Å². The molecule has 0 radical (unpaired) electrons. The molecule has 2 aromatic rings. The van der Waals surface area contributed by atoms with Crippen molar-refractivity contribution in [3.8, 4) is 0 Å². The van der Waals surface area contributed by atoms with Gasteiger partial charge in [0.25, 0.3) is 0 Å². The third-order valence-electron chi connectivity index (χ3n) is 5.60. The molecule has 6 N–H and O–H groups in total. The summed E-state index contributed by atoms with van der Waals surface area (Å²) in [6.45, 7) is 0. The Balaban J connectivity index is 2.06. The fourth-order valence-corrected chi connectivity index (χ4v) is 3.71. The molecule has 36 heavy (non-hydrogen) atoms. The van der Waals surface area contributed by atoms with E-state index in [1.54, 1.807) is 60.7 Å². The largest absolute Gasteiger partial charge is 0.481 e. The second-order valence-electron chi connectivity index (χ2n) is 8.32. The van der Waals surface area contributed by atoms with Crippen LogP contribution in [-0.4, -0.2) is 62.4 Å². The quantitative estimate of drug-likeness (QED) is 0.225. The first kappa shape index (κ1) is 27.8. The number of carboxylic acid groups (broad SMARTS) is 4. The van der Waals surface area contributed by atoms with Crippen molar-refractivity contribution in [2.45, 2.75) is 37.8 Å². The summed E-state index contributed by atoms with van der Waals surface area (Å²) in [5, 5.41) is 42.3. The highest BCUT2D eigenvalue weighted by Crippen LogP contribution is 2.17. The monoisotopic (exact) mass is 500 g/mol. The zero-order valence-electron chi connectivity index (χ0n) is 19.2. The number of carbonyl (C=O) groups is 5. The van der Waals surface area contributed by atoms with Crippen LogP contribution in [0.5, 0.6) is 0 Å². The van der Waals surface area contributed by atoms with Gasteiger partial charge in [0.1, 0.15) is 12.1 Å². The van der Waals surface area contributed by atoms with Crippen LogP contribution in [-0.2, 0) is 32.0 Å². The smallest absolute Gasteiger partial charge is 0.326 e. The van der Waals surface area contributed by atoms with Crippen molar-refractivity contribution in [3.63, 3.8) is 0 Å². The Kier molecular flexibility index (Phi) is 10.4. The van der Waals surface area contributed by atoms with Gasteiger partial charge in [-0.3, -0.25) is 9.59 Å². The van der Waals surface area contributed by atoms with Gasteiger partial charge in [-0.2, -0.15) is 0 Å². The summed E-state index contributed by atoms with van der Waals surface area (Å²) in [6, 6.07) is 12.7. The number of urea groups is 1. The molecule has 0 spiro atoms. The predicted molar refractivity (Wildman–Crippen MR) is 126 cm³/mol. The molecule has 11 nitrogen and oxygen atoms in total. The van der Waals surface area contributed by atoms with E-state index in [1.165, 1.54) is 0 Å². The molecule has 0 fully saturated rings. The van der Waals surface area contributed by atoms with E-state index in [-0.39, 0.29) is 12.8 Å². The Bertz CT molecular complexity index is 976. The van der Waals surface area contributed by atoms with Crippen LogP contribution in [0.1, 0.15) is 24.0 Å². The maximum atomic E-state index is 12.4. The van der Waals surface area contributed by atoms with Crippen LogP contribution in [0.4, 0.5) is 4.79 Å². The number of carboxylic acids is 4. The van der Waals surface area contributed by atoms with E-state index in [2.05, 4.69) is 10.6 Å². The van der Waals surface area contributed by atoms with Crippen LogP contribution < -0.4 is 10.6 Å². The van der Waals surface area contributed by atoms with Gasteiger partial charge in [-0.1, -0.05) is 60.7 Å². The topological polar surface area (TPSA) is 190 Å². The zero-order chi connectivity index (χ0) is 26.7. The van der Waals surface area contributed by atoms with Gasteiger partial charge >= 0.3 is 29.9 Å². The fraction of sp³-hybridized carbons (Fsp3) is 0.320. The van der Waals surface area contributed by atoms with Crippen LogP contribution in [0.2, 0.25) is 0 Å². The average molecular weight is 501 g/mol. The van der Waals surface area contributed by atoms with E-state index in [1.807, 2.05) is 0 Å². The molecule has 2 rings (SSSR count). The lowest BCUT2D eigenvalue weighted by Gasteiger charge is -2.22. The molecule has 0 saturated heterocycles. The Hall–Kier alpha value is -4.41. The van der Waals surface area contributed by atoms with Crippen LogP contribution in [0, 0.1) is 11.8 Å². The van der Waals surface area contributed by atoms with Crippen LogP contribution in [0.25, 0.3) is 0 Å². The van der Waals surface area contributed by atoms with Gasteiger partial charge in [0.05, 0.1) is 11.8 Å². The molecule has 2 amide bonds. The number of carbonyl (C=O) groups excluding carboxylic acids is 1. The zero-order valence-corrected chi connectivity index (χ0v) is 19.2. The van der Waals surface area contributed by atoms with Gasteiger partial charge in [0.15, 0.2) is 0 Å². The molecule has 2 aromatic carbocycles. The minimum Gasteiger partial charge on any atom is -0.481 e. The average Bonchev–Trinajstić information content (AvgIpc) is 2.83. The van der Waals surface area contributed by atoms with E-state index in [0.29, 0.717) is 11.1 Å². The fourth-order valence-electron chi connectivity index (χ4n) is 3.71. The summed E-state index contributed by atoms with van der Waals surface area (Å²) in [5.74, 6) is -7.76. The Morgan fingerprint density at radius 2 is 0.889 bits per heavy atom. The molecular weight excluding hydrogens is 472 g/mol. The first-order chi connectivity index (χ1) is 17.1. The van der Waals surface area contributed by atoms with Crippen LogP contribution >= 0.6 is 0 Å². The molecule has 11 heteroatoms. The highest BCUT2D eigenvalue weighted by Gasteiger charge is 2.32. The third-order valence-corrected chi connectivity index (χ3v) is 5.60. The minimum atomic E-state index is -1.62. The Morgan fingerprint density at radius 3 is 1.17 bits per heavy atom. The molecule has 0 heterocycles. The van der Waals surface area contributed by atoms with Crippen LogP contribution in [0.3, 0.4) is 0 Å². The number of rotatable bonds is 14. The molecule has 4 atom stereocenters. The molecule has 0 aromatic heterocycles. The highest BCUT2D eigenvalue weighted by atomic mass is 16.4. The maximum Gasteiger partial charge on any atom is 0.326 e. The maximum absolute atomic E-state index is 12.4. The number of hydrogen-bond acceptors (Lipinski definition) is 5. The molecule has 0 aliphatic heterocycles. The molecule has 192 valence electrons. The number of nitrogens with one attached hydrogen (secondary N) is 2. The number of amides is 2. The lowest BCUT2D eigenvalue weighted by molar-refractivity contribution is -0.145. The molecular formula is C25H28N2O9. The van der Waals surface area contributed by atoms with Crippen molar-refractivity contribution in [3.05, 3.63) is 71.8 Å². The second-order valence-corrected chi connectivity index (χ2v) is 8.32. The third kappa shape index (κ3) is 9.09. The number of aliphatic carboxylic acids is 4. The number of benzene rings is 2. The molecule has 0 saturated carbocycles. The molecule has 0 aliphatic carbocycles. The first-order valence-corrected chi connectivity index (χ1v) is 11.1. The normalized spacial score (nSPS) is 14.0. The predicted octanol–water partition coefficient (Wildman–Crippen LogP) is 1.86. The van der Waals surface area contributed by atoms with Crippen molar-refractivity contribution >= 4 is 29.9 Å². The summed E-state index contributed by atoms with van der Waals surface area (Å²) in [4.78, 5) is 59.3. The summed E-state index contributed by atoms with van der Waals surface area (Å²) >= 11 is 0. The van der Waals surface area contributed by atoms with Gasteiger partial charge in [0, 0.05) is 0 Å². The molecule has 0 unspecified atom stereocenters. The summed E-state index contributed by atoms with van der Waals surface area (Å²) in [6.07, 6.45) is -0.839. The summed E-state index contributed by atoms with van der Waals surface area (Å²) in [5.41, 5.74) is 1.34. The van der Waals surface area contributed by atoms with Crippen molar-refractivity contribution in [1.82, 2.24) is 10.6 Å². The van der Waals surface area contributed by atoms with Gasteiger partial charge in [0.2, 0.25) is 0 Å². The lowest BCUT2D eigenvalue weighted by atomic mass is 9.92. The van der Waals surface area contributed by atoms with Gasteiger partial charge < -0.3 is 31.1 Å². The van der Waals surface area contributed by atoms with Crippen molar-refractivity contribution in [2.75, 3.05) is 0 Å². The molecule has 0 aliphatic rings. The molecule has 0 bridgehead atoms. The van der Waals surface area contributed by atoms with Crippen molar-refractivity contribution in [1.29, 1.82) is 0 Å². The lowest BCUT2D eigenvalue weighted by Crippen LogP contribution is -2.52. The summed E-state index contributed by atoms with van der Waals surface area (Å²) in [7, 11) is 0.